The van der Waals surface area contributed by atoms with Gasteiger partial charge in [0, 0.05) is 81.9 Å². The molecule has 0 saturated carbocycles. The molecule has 0 spiro atoms. The zero-order valence-corrected chi connectivity index (χ0v) is 26.8. The molecule has 47 heavy (non-hydrogen) atoms. The topological polar surface area (TPSA) is 124 Å². The number of amides is 2. The number of rotatable bonds is 9. The maximum Gasteiger partial charge on any atom is 0.414 e. The number of hydrogen-bond donors (Lipinski definition) is 1. The highest BCUT2D eigenvalue weighted by molar-refractivity contribution is 5.90. The molecule has 3 fully saturated rings. The van der Waals surface area contributed by atoms with E-state index in [4.69, 9.17) is 9.47 Å². The van der Waals surface area contributed by atoms with Crippen LogP contribution in [0.5, 0.6) is 5.75 Å². The Kier molecular flexibility index (Phi) is 9.50. The molecule has 3 saturated heterocycles. The minimum Gasteiger partial charge on any atom is -0.497 e. The van der Waals surface area contributed by atoms with E-state index in [-0.39, 0.29) is 30.3 Å². The number of nitrogens with zero attached hydrogens (tertiary/aromatic N) is 7. The fraction of sp³-hybridized carbons (Fsp3) is 0.424. The van der Waals surface area contributed by atoms with Gasteiger partial charge in [-0.1, -0.05) is 0 Å². The number of ether oxygens (including phenoxy) is 2. The number of benzene rings is 2. The monoisotopic (exact) mass is 646 g/mol. The van der Waals surface area contributed by atoms with Crippen molar-refractivity contribution in [3.63, 3.8) is 0 Å². The zero-order valence-electron chi connectivity index (χ0n) is 26.8. The summed E-state index contributed by atoms with van der Waals surface area (Å²) in [6.45, 7) is 8.63. The number of aromatic nitrogens is 2. The van der Waals surface area contributed by atoms with Crippen LogP contribution in [0.2, 0.25) is 0 Å². The molecule has 1 aromatic heterocycles. The molecule has 0 aliphatic carbocycles. The summed E-state index contributed by atoms with van der Waals surface area (Å²) in [5.74, 6) is 0.515. The van der Waals surface area contributed by atoms with Crippen LogP contribution >= 0.6 is 0 Å². The van der Waals surface area contributed by atoms with Gasteiger partial charge in [-0.25, -0.2) is 29.2 Å². The maximum atomic E-state index is 15.3. The summed E-state index contributed by atoms with van der Waals surface area (Å²) in [6, 6.07) is 12.2. The zero-order chi connectivity index (χ0) is 33.1. The van der Waals surface area contributed by atoms with Gasteiger partial charge in [-0.3, -0.25) is 14.5 Å². The van der Waals surface area contributed by atoms with Crippen molar-refractivity contribution in [1.82, 2.24) is 25.3 Å². The summed E-state index contributed by atoms with van der Waals surface area (Å²) in [7, 11) is 1.66. The van der Waals surface area contributed by atoms with E-state index in [9.17, 15) is 14.4 Å². The molecule has 6 rings (SSSR count). The summed E-state index contributed by atoms with van der Waals surface area (Å²) in [6.07, 6.45) is 1.98. The molecule has 3 aliphatic heterocycles. The van der Waals surface area contributed by atoms with E-state index >= 15 is 4.39 Å². The standard InChI is InChI=1S/C33H39FN8O5/c1-22(43)31-21-40(39-12-10-38(11-13-39)25-4-7-27(46-3)8-5-25)14-15-41(31)32-36-17-24(18-37-32)29-9-6-26(16-30(29)34)42-20-28(47-33(42)45)19-35-23(2)44/h4-9,16-18,28,31H,10-15,19-21H2,1-3H3,(H,35,44)/t28-,31?/m0/s1. The number of cyclic esters (lactones) is 1. The second-order valence-electron chi connectivity index (χ2n) is 11.9. The first kappa shape index (κ1) is 32.1. The van der Waals surface area contributed by atoms with E-state index in [1.807, 2.05) is 17.0 Å². The van der Waals surface area contributed by atoms with Crippen LogP contribution in [0.3, 0.4) is 0 Å². The number of Topliss-reactive ketones (excluding diaryl/α,β-unsaturated/α-hetero) is 1. The number of carbonyl (C=O) groups is 3. The average molecular weight is 647 g/mol. The van der Waals surface area contributed by atoms with Gasteiger partial charge in [-0.05, 0) is 49.4 Å². The third-order valence-electron chi connectivity index (χ3n) is 8.85. The van der Waals surface area contributed by atoms with Crippen LogP contribution in [0.1, 0.15) is 13.8 Å². The lowest BCUT2D eigenvalue weighted by atomic mass is 10.1. The SMILES string of the molecule is COc1ccc(N2CCN(N3CCN(c4ncc(-c5ccc(N6C[C@H](CNC(C)=O)OC6=O)cc5F)cn4)C(C(C)=O)C3)CC2)cc1. The van der Waals surface area contributed by atoms with Crippen molar-refractivity contribution in [2.45, 2.75) is 26.0 Å². The Balaban J connectivity index is 1.07. The number of methoxy groups -OCH3 is 1. The molecule has 2 amide bonds. The summed E-state index contributed by atoms with van der Waals surface area (Å²) >= 11 is 0. The van der Waals surface area contributed by atoms with E-state index < -0.39 is 24.1 Å². The van der Waals surface area contributed by atoms with Crippen LogP contribution in [0, 0.1) is 5.82 Å². The predicted octanol–water partition coefficient (Wildman–Crippen LogP) is 2.57. The number of hydrazine groups is 1. The fourth-order valence-electron chi connectivity index (χ4n) is 6.25. The lowest BCUT2D eigenvalue weighted by Crippen LogP contribution is -2.63. The van der Waals surface area contributed by atoms with Gasteiger partial charge in [-0.2, -0.15) is 0 Å². The van der Waals surface area contributed by atoms with E-state index in [0.717, 1.165) is 44.2 Å². The number of ketones is 1. The first-order chi connectivity index (χ1) is 22.7. The fourth-order valence-corrected chi connectivity index (χ4v) is 6.25. The molecule has 1 N–H and O–H groups in total. The van der Waals surface area contributed by atoms with Gasteiger partial charge in [0.15, 0.2) is 5.78 Å². The van der Waals surface area contributed by atoms with Crippen LogP contribution in [0.25, 0.3) is 11.1 Å². The molecule has 2 atom stereocenters. The summed E-state index contributed by atoms with van der Waals surface area (Å²) in [4.78, 5) is 51.0. The average Bonchev–Trinajstić information content (AvgIpc) is 3.47. The van der Waals surface area contributed by atoms with E-state index in [1.165, 1.54) is 17.9 Å². The second kappa shape index (κ2) is 13.9. The Morgan fingerprint density at radius 2 is 1.62 bits per heavy atom. The largest absolute Gasteiger partial charge is 0.497 e. The number of nitrogens with one attached hydrogen (secondary N) is 1. The Morgan fingerprint density at radius 3 is 2.26 bits per heavy atom. The van der Waals surface area contributed by atoms with Gasteiger partial charge in [0.05, 0.1) is 25.9 Å². The highest BCUT2D eigenvalue weighted by Gasteiger charge is 2.36. The summed E-state index contributed by atoms with van der Waals surface area (Å²) < 4.78 is 25.9. The van der Waals surface area contributed by atoms with Gasteiger partial charge >= 0.3 is 6.09 Å². The molecule has 0 bridgehead atoms. The first-order valence-electron chi connectivity index (χ1n) is 15.7. The molecule has 1 unspecified atom stereocenters. The van der Waals surface area contributed by atoms with Crippen molar-refractivity contribution in [2.75, 3.05) is 80.7 Å². The van der Waals surface area contributed by atoms with Crippen LogP contribution in [0.4, 0.5) is 26.5 Å². The van der Waals surface area contributed by atoms with Crippen molar-refractivity contribution < 1.29 is 28.2 Å². The Labute approximate surface area is 272 Å². The van der Waals surface area contributed by atoms with E-state index in [0.29, 0.717) is 30.3 Å². The van der Waals surface area contributed by atoms with Gasteiger partial charge in [0.25, 0.3) is 0 Å². The van der Waals surface area contributed by atoms with Crippen molar-refractivity contribution >= 4 is 35.1 Å². The van der Waals surface area contributed by atoms with Gasteiger partial charge in [-0.15, -0.1) is 0 Å². The Hall–Kier alpha value is -4.82. The first-order valence-corrected chi connectivity index (χ1v) is 15.7. The molecular formula is C33H39FN8O5. The highest BCUT2D eigenvalue weighted by Crippen LogP contribution is 2.30. The summed E-state index contributed by atoms with van der Waals surface area (Å²) in [5, 5.41) is 7.21. The summed E-state index contributed by atoms with van der Waals surface area (Å²) in [5.41, 5.74) is 2.27. The predicted molar refractivity (Wildman–Crippen MR) is 174 cm³/mol. The van der Waals surface area contributed by atoms with Crippen molar-refractivity contribution in [2.24, 2.45) is 0 Å². The molecule has 13 nitrogen and oxygen atoms in total. The lowest BCUT2D eigenvalue weighted by Gasteiger charge is -2.47. The third kappa shape index (κ3) is 7.13. The van der Waals surface area contributed by atoms with Crippen LogP contribution < -0.4 is 24.8 Å². The lowest BCUT2D eigenvalue weighted by molar-refractivity contribution is -0.122. The molecule has 248 valence electrons. The van der Waals surface area contributed by atoms with Gasteiger partial charge < -0.3 is 24.6 Å². The molecule has 14 heteroatoms. The van der Waals surface area contributed by atoms with Crippen molar-refractivity contribution in [3.8, 4) is 16.9 Å². The molecule has 3 aliphatic rings. The number of carbonyl (C=O) groups excluding carboxylic acids is 3. The van der Waals surface area contributed by atoms with Crippen LogP contribution in [-0.4, -0.2) is 116 Å². The van der Waals surface area contributed by atoms with Crippen LogP contribution in [0.15, 0.2) is 54.9 Å². The molecule has 2 aromatic carbocycles. The van der Waals surface area contributed by atoms with Crippen LogP contribution in [-0.2, 0) is 14.3 Å². The smallest absolute Gasteiger partial charge is 0.414 e. The van der Waals surface area contributed by atoms with Gasteiger partial charge in [0.1, 0.15) is 23.7 Å². The number of halogens is 1. The molecule has 3 aromatic rings. The van der Waals surface area contributed by atoms with E-state index in [1.54, 1.807) is 38.6 Å². The Bertz CT molecular complexity index is 1600. The molecular weight excluding hydrogens is 607 g/mol. The number of piperazine rings is 2. The van der Waals surface area contributed by atoms with Crippen molar-refractivity contribution in [3.05, 3.63) is 60.7 Å². The third-order valence-corrected chi connectivity index (χ3v) is 8.85. The molecule has 0 radical (unpaired) electrons. The number of hydrogen-bond acceptors (Lipinski definition) is 11. The minimum absolute atomic E-state index is 0.0284. The van der Waals surface area contributed by atoms with E-state index in [2.05, 4.69) is 42.3 Å². The minimum atomic E-state index is -0.601. The maximum absolute atomic E-state index is 15.3. The van der Waals surface area contributed by atoms with Gasteiger partial charge in [0.2, 0.25) is 11.9 Å². The normalized spacial score (nSPS) is 20.7. The second-order valence-corrected chi connectivity index (χ2v) is 11.9. The van der Waals surface area contributed by atoms with Crippen molar-refractivity contribution in [1.29, 1.82) is 0 Å². The quantitative estimate of drug-likeness (QED) is 0.369. The molecule has 4 heterocycles. The Morgan fingerprint density at radius 1 is 0.936 bits per heavy atom. The number of anilines is 3. The highest BCUT2D eigenvalue weighted by atomic mass is 19.1.